The van der Waals surface area contributed by atoms with Crippen LogP contribution in [0.15, 0.2) is 48.3 Å². The van der Waals surface area contributed by atoms with E-state index in [1.54, 1.807) is 25.1 Å². The highest BCUT2D eigenvalue weighted by molar-refractivity contribution is 7.17. The smallest absolute Gasteiger partial charge is 0.350 e. The molecule has 1 N–H and O–H groups in total. The maximum atomic E-state index is 13.4. The number of aliphatic hydroxyl groups is 1. The van der Waals surface area contributed by atoms with Gasteiger partial charge in [0.15, 0.2) is 16.6 Å². The van der Waals surface area contributed by atoms with Crippen LogP contribution >= 0.6 is 11.3 Å². The number of pyridine rings is 1. The number of hydrogen-bond acceptors (Lipinski definition) is 10. The summed E-state index contributed by atoms with van der Waals surface area (Å²) in [5.74, 6) is -1.39. The molecular weight excluding hydrogens is 522 g/mol. The summed E-state index contributed by atoms with van der Waals surface area (Å²) in [5.41, 5.74) is 1.02. The van der Waals surface area contributed by atoms with Crippen LogP contribution in [0.1, 0.15) is 52.8 Å². The lowest BCUT2D eigenvalue weighted by molar-refractivity contribution is -0.132. The standard InChI is InChI=1S/C28H29N3O7S/c1-15(2)10-13-38-19-7-6-18(14-20(19)36-4)22-21(23(32)17-8-11-29-12-9-17)24(33)26(34)31(22)28-30-16(3)25(39-28)27(35)37-5/h6-9,11-12,14-15,22,32H,10,13H2,1-5H3/b23-21+. The first-order chi connectivity index (χ1) is 18.7. The van der Waals surface area contributed by atoms with E-state index in [2.05, 4.69) is 23.8 Å². The fourth-order valence-electron chi connectivity index (χ4n) is 4.16. The molecule has 1 fully saturated rings. The van der Waals surface area contributed by atoms with Crippen molar-refractivity contribution in [3.05, 3.63) is 70.0 Å². The lowest BCUT2D eigenvalue weighted by Crippen LogP contribution is -2.29. The van der Waals surface area contributed by atoms with Gasteiger partial charge in [0.05, 0.1) is 38.1 Å². The Hall–Kier alpha value is -4.25. The number of amides is 1. The fraction of sp³-hybridized carbons (Fsp3) is 0.321. The normalized spacial score (nSPS) is 16.6. The van der Waals surface area contributed by atoms with E-state index < -0.39 is 23.7 Å². The van der Waals surface area contributed by atoms with E-state index in [1.165, 1.54) is 43.6 Å². The predicted molar refractivity (Wildman–Crippen MR) is 145 cm³/mol. The number of aryl methyl sites for hydroxylation is 1. The van der Waals surface area contributed by atoms with Gasteiger partial charge in [0.1, 0.15) is 10.6 Å². The molecule has 39 heavy (non-hydrogen) atoms. The molecule has 4 rings (SSSR count). The lowest BCUT2D eigenvalue weighted by Gasteiger charge is -2.24. The molecule has 1 amide bonds. The van der Waals surface area contributed by atoms with Gasteiger partial charge in [0, 0.05) is 18.0 Å². The van der Waals surface area contributed by atoms with Crippen LogP contribution in [0.3, 0.4) is 0 Å². The summed E-state index contributed by atoms with van der Waals surface area (Å²) in [6.07, 6.45) is 3.79. The molecule has 2 aromatic heterocycles. The van der Waals surface area contributed by atoms with E-state index >= 15 is 0 Å². The zero-order valence-corrected chi connectivity index (χ0v) is 23.1. The number of carbonyl (C=O) groups is 3. The molecule has 0 aliphatic carbocycles. The first-order valence-electron chi connectivity index (χ1n) is 12.3. The number of methoxy groups -OCH3 is 2. The van der Waals surface area contributed by atoms with Crippen molar-refractivity contribution in [3.8, 4) is 11.5 Å². The quantitative estimate of drug-likeness (QED) is 0.174. The van der Waals surface area contributed by atoms with Crippen LogP contribution in [0.2, 0.25) is 0 Å². The molecule has 10 nitrogen and oxygen atoms in total. The van der Waals surface area contributed by atoms with Crippen LogP contribution < -0.4 is 14.4 Å². The Morgan fingerprint density at radius 3 is 2.49 bits per heavy atom. The first-order valence-corrected chi connectivity index (χ1v) is 13.1. The van der Waals surface area contributed by atoms with Gasteiger partial charge in [0.2, 0.25) is 0 Å². The third-order valence-corrected chi connectivity index (χ3v) is 7.35. The Morgan fingerprint density at radius 2 is 1.85 bits per heavy atom. The number of thiazole rings is 1. The van der Waals surface area contributed by atoms with Crippen LogP contribution in [0.4, 0.5) is 5.13 Å². The van der Waals surface area contributed by atoms with Crippen molar-refractivity contribution in [1.29, 1.82) is 0 Å². The topological polar surface area (TPSA) is 128 Å². The van der Waals surface area contributed by atoms with Crippen molar-refractivity contribution in [2.45, 2.75) is 33.2 Å². The molecule has 0 spiro atoms. The number of benzene rings is 1. The Kier molecular flexibility index (Phi) is 8.29. The second-order valence-corrected chi connectivity index (χ2v) is 10.2. The summed E-state index contributed by atoms with van der Waals surface area (Å²) in [5, 5.41) is 11.4. The van der Waals surface area contributed by atoms with Gasteiger partial charge < -0.3 is 19.3 Å². The third-order valence-electron chi connectivity index (χ3n) is 6.22. The van der Waals surface area contributed by atoms with E-state index in [0.29, 0.717) is 40.8 Å². The maximum absolute atomic E-state index is 13.4. The minimum atomic E-state index is -1.06. The van der Waals surface area contributed by atoms with E-state index in [1.807, 2.05) is 0 Å². The van der Waals surface area contributed by atoms with E-state index in [9.17, 15) is 19.5 Å². The summed E-state index contributed by atoms with van der Waals surface area (Å²) in [4.78, 5) is 48.8. The van der Waals surface area contributed by atoms with Crippen LogP contribution in [0.5, 0.6) is 11.5 Å². The first kappa shape index (κ1) is 27.8. The number of esters is 1. The minimum absolute atomic E-state index is 0.116. The molecule has 11 heteroatoms. The van der Waals surface area contributed by atoms with Crippen molar-refractivity contribution < 1.29 is 33.7 Å². The molecule has 1 saturated heterocycles. The maximum Gasteiger partial charge on any atom is 0.350 e. The van der Waals surface area contributed by atoms with Crippen LogP contribution in [0.25, 0.3) is 5.76 Å². The van der Waals surface area contributed by atoms with Crippen molar-refractivity contribution in [2.24, 2.45) is 5.92 Å². The summed E-state index contributed by atoms with van der Waals surface area (Å²) in [6.45, 7) is 6.30. The van der Waals surface area contributed by atoms with Crippen LogP contribution in [-0.2, 0) is 14.3 Å². The molecule has 1 aliphatic rings. The number of aromatic nitrogens is 2. The molecule has 0 radical (unpaired) electrons. The van der Waals surface area contributed by atoms with Crippen molar-refractivity contribution in [3.63, 3.8) is 0 Å². The monoisotopic (exact) mass is 551 g/mol. The van der Waals surface area contributed by atoms with Crippen LogP contribution in [0, 0.1) is 12.8 Å². The number of Topliss-reactive ketones (excluding diaryl/α,β-unsaturated/α-hetero) is 1. The Labute approximate surface area is 229 Å². The Bertz CT molecular complexity index is 1430. The molecule has 3 aromatic rings. The molecule has 1 aromatic carbocycles. The Balaban J connectivity index is 1.88. The van der Waals surface area contributed by atoms with Gasteiger partial charge in [0.25, 0.3) is 5.78 Å². The van der Waals surface area contributed by atoms with E-state index in [-0.39, 0.29) is 21.3 Å². The predicted octanol–water partition coefficient (Wildman–Crippen LogP) is 4.69. The largest absolute Gasteiger partial charge is 0.507 e. The highest BCUT2D eigenvalue weighted by Gasteiger charge is 2.48. The summed E-state index contributed by atoms with van der Waals surface area (Å²) in [7, 11) is 2.74. The summed E-state index contributed by atoms with van der Waals surface area (Å²) >= 11 is 0.927. The number of carbonyl (C=O) groups excluding carboxylic acids is 3. The molecule has 0 saturated carbocycles. The second kappa shape index (κ2) is 11.6. The lowest BCUT2D eigenvalue weighted by atomic mass is 9.95. The zero-order valence-electron chi connectivity index (χ0n) is 22.3. The Morgan fingerprint density at radius 1 is 1.13 bits per heavy atom. The molecule has 1 atom stereocenters. The highest BCUT2D eigenvalue weighted by Crippen LogP contribution is 2.45. The van der Waals surface area contributed by atoms with Crippen molar-refractivity contribution in [1.82, 2.24) is 9.97 Å². The molecule has 3 heterocycles. The number of hydrogen-bond donors (Lipinski definition) is 1. The van der Waals surface area contributed by atoms with Crippen molar-refractivity contribution >= 4 is 39.9 Å². The van der Waals surface area contributed by atoms with Gasteiger partial charge in [-0.2, -0.15) is 0 Å². The summed E-state index contributed by atoms with van der Waals surface area (Å²) < 4.78 is 16.3. The van der Waals surface area contributed by atoms with E-state index in [0.717, 1.165) is 17.8 Å². The van der Waals surface area contributed by atoms with Gasteiger partial charge in [-0.1, -0.05) is 31.3 Å². The third kappa shape index (κ3) is 5.49. The molecule has 1 aliphatic heterocycles. The number of aliphatic hydroxyl groups excluding tert-OH is 1. The number of anilines is 1. The van der Waals surface area contributed by atoms with Gasteiger partial charge >= 0.3 is 11.9 Å². The molecular formula is C28H29N3O7S. The highest BCUT2D eigenvalue weighted by atomic mass is 32.1. The number of ether oxygens (including phenoxy) is 3. The molecule has 0 bridgehead atoms. The van der Waals surface area contributed by atoms with Crippen molar-refractivity contribution in [2.75, 3.05) is 25.7 Å². The summed E-state index contributed by atoms with van der Waals surface area (Å²) in [6, 6.07) is 7.08. The SMILES string of the molecule is COC(=O)c1sc(N2C(=O)C(=O)/C(=C(/O)c3ccncc3)C2c2ccc(OCCC(C)C)c(OC)c2)nc1C. The average molecular weight is 552 g/mol. The average Bonchev–Trinajstić information content (AvgIpc) is 3.44. The molecule has 204 valence electrons. The van der Waals surface area contributed by atoms with Gasteiger partial charge in [-0.3, -0.25) is 19.5 Å². The second-order valence-electron chi connectivity index (χ2n) is 9.25. The fourth-order valence-corrected chi connectivity index (χ4v) is 5.17. The number of ketones is 1. The van der Waals surface area contributed by atoms with Gasteiger partial charge in [-0.05, 0) is 49.1 Å². The minimum Gasteiger partial charge on any atom is -0.507 e. The van der Waals surface area contributed by atoms with Crippen LogP contribution in [-0.4, -0.2) is 53.6 Å². The number of rotatable bonds is 9. The number of nitrogens with zero attached hydrogens (tertiary/aromatic N) is 3. The zero-order chi connectivity index (χ0) is 28.3. The van der Waals surface area contributed by atoms with E-state index in [4.69, 9.17) is 14.2 Å². The van der Waals surface area contributed by atoms with Gasteiger partial charge in [-0.15, -0.1) is 0 Å². The molecule has 1 unspecified atom stereocenters. The van der Waals surface area contributed by atoms with Gasteiger partial charge in [-0.25, -0.2) is 9.78 Å².